The maximum Gasteiger partial charge on any atom is 0.242 e. The van der Waals surface area contributed by atoms with Crippen LogP contribution >= 0.6 is 23.2 Å². The molecule has 0 fully saturated rings. The van der Waals surface area contributed by atoms with Gasteiger partial charge >= 0.3 is 0 Å². The zero-order chi connectivity index (χ0) is 27.1. The van der Waals surface area contributed by atoms with E-state index in [1.54, 1.807) is 0 Å². The van der Waals surface area contributed by atoms with Crippen molar-refractivity contribution < 1.29 is 4.79 Å². The van der Waals surface area contributed by atoms with E-state index in [2.05, 4.69) is 24.5 Å². The molecule has 0 aliphatic rings. The molecule has 2 N–H and O–H groups in total. The number of carbonyl (C=O) groups excluding carboxylic acids is 1. The lowest BCUT2D eigenvalue weighted by atomic mass is 10.0. The molecule has 2 aromatic carbocycles. The van der Waals surface area contributed by atoms with Gasteiger partial charge in [-0.2, -0.15) is 9.97 Å². The van der Waals surface area contributed by atoms with E-state index >= 15 is 0 Å². The molecule has 0 aliphatic carbocycles. The molecule has 0 radical (unpaired) electrons. The Hall–Kier alpha value is -3.55. The fraction of sp³-hybridized carbons (Fsp3) is 0.276. The number of nitrogens with one attached hydrogen (secondary N) is 2. The number of anilines is 2. The van der Waals surface area contributed by atoms with Gasteiger partial charge in [-0.25, -0.2) is 0 Å². The summed E-state index contributed by atoms with van der Waals surface area (Å²) in [7, 11) is 1.93. The summed E-state index contributed by atoms with van der Waals surface area (Å²) in [6.45, 7) is 5.18. The van der Waals surface area contributed by atoms with Crippen LogP contribution in [0.3, 0.4) is 0 Å². The van der Waals surface area contributed by atoms with Crippen LogP contribution in [-0.2, 0) is 17.9 Å². The minimum atomic E-state index is -0.471. The molecule has 7 nitrogen and oxygen atoms in total. The standard InChI is InChI=1S/C29H32Cl2N6O/c1-20(2)15-25(28(38)32-18-21-9-11-23(30)12-10-21)33-26-17-27(37-13-4-5-14-37)35-29(34-26)36(3)19-22-7-6-8-24(31)16-22/h4-14,16-17,20,25H,15,18-19H2,1-3H3,(H,32,38)(H,33,34,35). The second kappa shape index (κ2) is 12.8. The molecule has 2 aromatic heterocycles. The van der Waals surface area contributed by atoms with Gasteiger partial charge in [0, 0.05) is 48.6 Å². The van der Waals surface area contributed by atoms with Crippen LogP contribution in [0.2, 0.25) is 10.0 Å². The average molecular weight is 552 g/mol. The summed E-state index contributed by atoms with van der Waals surface area (Å²) in [5.41, 5.74) is 2.02. The molecule has 38 heavy (non-hydrogen) atoms. The van der Waals surface area contributed by atoms with Crippen LogP contribution in [0.15, 0.2) is 79.1 Å². The predicted molar refractivity (Wildman–Crippen MR) is 155 cm³/mol. The molecule has 0 spiro atoms. The Morgan fingerprint density at radius 1 is 0.947 bits per heavy atom. The Balaban J connectivity index is 1.57. The van der Waals surface area contributed by atoms with E-state index in [1.807, 2.05) is 95.6 Å². The molecular weight excluding hydrogens is 519 g/mol. The van der Waals surface area contributed by atoms with Crippen molar-refractivity contribution in [3.05, 3.63) is 100 Å². The van der Waals surface area contributed by atoms with Crippen LogP contribution in [0.1, 0.15) is 31.4 Å². The highest BCUT2D eigenvalue weighted by molar-refractivity contribution is 6.30. The minimum absolute atomic E-state index is 0.0939. The zero-order valence-corrected chi connectivity index (χ0v) is 23.2. The number of aromatic nitrogens is 3. The molecule has 0 saturated heterocycles. The predicted octanol–water partition coefficient (Wildman–Crippen LogP) is 6.35. The van der Waals surface area contributed by atoms with Crippen molar-refractivity contribution in [2.24, 2.45) is 5.92 Å². The number of carbonyl (C=O) groups is 1. The van der Waals surface area contributed by atoms with Crippen LogP contribution in [-0.4, -0.2) is 33.5 Å². The van der Waals surface area contributed by atoms with Gasteiger partial charge < -0.3 is 20.1 Å². The Morgan fingerprint density at radius 3 is 2.37 bits per heavy atom. The summed E-state index contributed by atoms with van der Waals surface area (Å²) >= 11 is 12.2. The number of hydrogen-bond donors (Lipinski definition) is 2. The van der Waals surface area contributed by atoms with Crippen molar-refractivity contribution in [2.75, 3.05) is 17.3 Å². The molecule has 1 unspecified atom stereocenters. The molecule has 1 atom stereocenters. The smallest absolute Gasteiger partial charge is 0.242 e. The Labute approximate surface area is 233 Å². The van der Waals surface area contributed by atoms with Gasteiger partial charge in [0.05, 0.1) is 0 Å². The first kappa shape index (κ1) is 27.5. The van der Waals surface area contributed by atoms with Crippen molar-refractivity contribution in [3.8, 4) is 5.82 Å². The van der Waals surface area contributed by atoms with Crippen LogP contribution in [0.5, 0.6) is 0 Å². The van der Waals surface area contributed by atoms with Crippen LogP contribution < -0.4 is 15.5 Å². The van der Waals surface area contributed by atoms with Gasteiger partial charge in [0.1, 0.15) is 17.7 Å². The highest BCUT2D eigenvalue weighted by atomic mass is 35.5. The van der Waals surface area contributed by atoms with E-state index in [4.69, 9.17) is 33.2 Å². The number of hydrogen-bond acceptors (Lipinski definition) is 5. The Bertz CT molecular complexity index is 1340. The third-order valence-corrected chi connectivity index (χ3v) is 6.43. The quantitative estimate of drug-likeness (QED) is 0.227. The lowest BCUT2D eigenvalue weighted by molar-refractivity contribution is -0.122. The summed E-state index contributed by atoms with van der Waals surface area (Å²) in [6.07, 6.45) is 4.50. The minimum Gasteiger partial charge on any atom is -0.358 e. The van der Waals surface area contributed by atoms with Crippen molar-refractivity contribution in [1.82, 2.24) is 19.9 Å². The number of benzene rings is 2. The maximum atomic E-state index is 13.3. The van der Waals surface area contributed by atoms with Gasteiger partial charge in [-0.05, 0) is 59.9 Å². The first-order valence-corrected chi connectivity index (χ1v) is 13.3. The third kappa shape index (κ3) is 7.73. The first-order valence-electron chi connectivity index (χ1n) is 12.5. The van der Waals surface area contributed by atoms with Gasteiger partial charge in [0.25, 0.3) is 0 Å². The summed E-state index contributed by atoms with van der Waals surface area (Å²) in [5.74, 6) is 2.01. The number of halogens is 2. The number of rotatable bonds is 11. The lowest BCUT2D eigenvalue weighted by Crippen LogP contribution is -2.40. The van der Waals surface area contributed by atoms with Crippen LogP contribution in [0, 0.1) is 5.92 Å². The second-order valence-corrected chi connectivity index (χ2v) is 10.5. The second-order valence-electron chi connectivity index (χ2n) is 9.66. The van der Waals surface area contributed by atoms with Gasteiger partial charge in [-0.3, -0.25) is 4.79 Å². The normalized spacial score (nSPS) is 11.8. The zero-order valence-electron chi connectivity index (χ0n) is 21.7. The van der Waals surface area contributed by atoms with E-state index in [9.17, 15) is 4.79 Å². The fourth-order valence-corrected chi connectivity index (χ4v) is 4.40. The molecule has 0 aliphatic heterocycles. The topological polar surface area (TPSA) is 75.1 Å². The van der Waals surface area contributed by atoms with Crippen molar-refractivity contribution in [1.29, 1.82) is 0 Å². The molecular formula is C29H32Cl2N6O. The summed E-state index contributed by atoms with van der Waals surface area (Å²) in [4.78, 5) is 24.8. The maximum absolute atomic E-state index is 13.3. The molecule has 4 rings (SSSR count). The Morgan fingerprint density at radius 2 is 1.68 bits per heavy atom. The van der Waals surface area contributed by atoms with E-state index in [0.29, 0.717) is 53.1 Å². The van der Waals surface area contributed by atoms with E-state index in [-0.39, 0.29) is 5.91 Å². The van der Waals surface area contributed by atoms with Crippen molar-refractivity contribution >= 4 is 40.9 Å². The first-order chi connectivity index (χ1) is 18.3. The van der Waals surface area contributed by atoms with Gasteiger partial charge in [-0.1, -0.05) is 61.3 Å². The highest BCUT2D eigenvalue weighted by Crippen LogP contribution is 2.21. The molecule has 198 valence electrons. The molecule has 0 saturated carbocycles. The van der Waals surface area contributed by atoms with Crippen molar-refractivity contribution in [2.45, 2.75) is 39.4 Å². The van der Waals surface area contributed by atoms with Gasteiger partial charge in [0.15, 0.2) is 0 Å². The van der Waals surface area contributed by atoms with Crippen LogP contribution in [0.25, 0.3) is 5.82 Å². The SMILES string of the molecule is CC(C)CC(Nc1cc(-n2cccc2)nc(N(C)Cc2cccc(Cl)c2)n1)C(=O)NCc1ccc(Cl)cc1. The van der Waals surface area contributed by atoms with Crippen molar-refractivity contribution in [3.63, 3.8) is 0 Å². The average Bonchev–Trinajstić information content (AvgIpc) is 3.43. The van der Waals surface area contributed by atoms with E-state index in [1.165, 1.54) is 0 Å². The molecule has 4 aromatic rings. The molecule has 9 heteroatoms. The fourth-order valence-electron chi connectivity index (χ4n) is 4.06. The Kier molecular flexibility index (Phi) is 9.26. The van der Waals surface area contributed by atoms with Gasteiger partial charge in [-0.15, -0.1) is 0 Å². The number of nitrogens with zero attached hydrogens (tertiary/aromatic N) is 4. The van der Waals surface area contributed by atoms with Crippen LogP contribution in [0.4, 0.5) is 11.8 Å². The van der Waals surface area contributed by atoms with E-state index in [0.717, 1.165) is 11.1 Å². The molecule has 0 bridgehead atoms. The largest absolute Gasteiger partial charge is 0.358 e. The molecule has 1 amide bonds. The summed E-state index contributed by atoms with van der Waals surface area (Å²) in [6, 6.07) is 20.4. The van der Waals surface area contributed by atoms with E-state index < -0.39 is 6.04 Å². The third-order valence-electron chi connectivity index (χ3n) is 5.95. The molecule has 2 heterocycles. The number of amides is 1. The highest BCUT2D eigenvalue weighted by Gasteiger charge is 2.21. The lowest BCUT2D eigenvalue weighted by Gasteiger charge is -2.23. The van der Waals surface area contributed by atoms with Gasteiger partial charge in [0.2, 0.25) is 11.9 Å². The monoisotopic (exact) mass is 550 g/mol. The summed E-state index contributed by atoms with van der Waals surface area (Å²) < 4.78 is 1.92. The summed E-state index contributed by atoms with van der Waals surface area (Å²) in [5, 5.41) is 7.77.